The van der Waals surface area contributed by atoms with E-state index in [1.165, 1.54) is 56.9 Å². The first kappa shape index (κ1) is 15.9. The van der Waals surface area contributed by atoms with Gasteiger partial charge in [0.1, 0.15) is 0 Å². The SMILES string of the molecule is COCCCCC[C@H]1CC[C@H](c2ccc(Cl)cc2)CC1. The van der Waals surface area contributed by atoms with Crippen LogP contribution in [0.1, 0.15) is 62.8 Å². The molecule has 2 heteroatoms. The smallest absolute Gasteiger partial charge is 0.0462 e. The zero-order chi connectivity index (χ0) is 14.2. The van der Waals surface area contributed by atoms with Crippen LogP contribution in [-0.2, 0) is 4.74 Å². The fraction of sp³-hybridized carbons (Fsp3) is 0.667. The fourth-order valence-corrected chi connectivity index (χ4v) is 3.50. The molecule has 0 N–H and O–H groups in total. The van der Waals surface area contributed by atoms with Gasteiger partial charge in [-0.25, -0.2) is 0 Å². The lowest BCUT2D eigenvalue weighted by Gasteiger charge is -2.29. The van der Waals surface area contributed by atoms with E-state index in [1.54, 1.807) is 7.11 Å². The molecule has 1 aliphatic rings. The molecule has 20 heavy (non-hydrogen) atoms. The molecule has 1 saturated carbocycles. The molecule has 0 saturated heterocycles. The van der Waals surface area contributed by atoms with Crippen molar-refractivity contribution in [3.05, 3.63) is 34.9 Å². The molecule has 1 nitrogen and oxygen atoms in total. The Bertz CT molecular complexity index is 366. The van der Waals surface area contributed by atoms with Gasteiger partial charge >= 0.3 is 0 Å². The van der Waals surface area contributed by atoms with Crippen LogP contribution < -0.4 is 0 Å². The molecule has 1 fully saturated rings. The van der Waals surface area contributed by atoms with E-state index < -0.39 is 0 Å². The molecule has 0 aliphatic heterocycles. The monoisotopic (exact) mass is 294 g/mol. The van der Waals surface area contributed by atoms with Gasteiger partial charge in [-0.2, -0.15) is 0 Å². The highest BCUT2D eigenvalue weighted by atomic mass is 35.5. The molecule has 112 valence electrons. The number of halogens is 1. The van der Waals surface area contributed by atoms with Crippen LogP contribution in [0.5, 0.6) is 0 Å². The minimum atomic E-state index is 0.761. The summed E-state index contributed by atoms with van der Waals surface area (Å²) >= 11 is 5.96. The summed E-state index contributed by atoms with van der Waals surface area (Å²) in [6, 6.07) is 8.47. The summed E-state index contributed by atoms with van der Waals surface area (Å²) in [6.45, 7) is 0.920. The summed E-state index contributed by atoms with van der Waals surface area (Å²) in [5.74, 6) is 1.72. The van der Waals surface area contributed by atoms with Gasteiger partial charge in [0, 0.05) is 18.7 Å². The predicted octanol–water partition coefficient (Wildman–Crippen LogP) is 5.82. The van der Waals surface area contributed by atoms with Crippen molar-refractivity contribution in [3.63, 3.8) is 0 Å². The number of rotatable bonds is 7. The third-order valence-electron chi connectivity index (χ3n) is 4.65. The van der Waals surface area contributed by atoms with Crippen molar-refractivity contribution in [2.45, 2.75) is 57.3 Å². The van der Waals surface area contributed by atoms with Gasteiger partial charge in [0.25, 0.3) is 0 Å². The Balaban J connectivity index is 1.66. The minimum absolute atomic E-state index is 0.761. The Hall–Kier alpha value is -0.530. The molecule has 1 aromatic rings. The van der Waals surface area contributed by atoms with Crippen molar-refractivity contribution in [3.8, 4) is 0 Å². The third-order valence-corrected chi connectivity index (χ3v) is 4.90. The van der Waals surface area contributed by atoms with E-state index in [9.17, 15) is 0 Å². The quantitative estimate of drug-likeness (QED) is 0.576. The van der Waals surface area contributed by atoms with E-state index in [1.807, 2.05) is 12.1 Å². The largest absolute Gasteiger partial charge is 0.385 e. The molecule has 1 aromatic carbocycles. The van der Waals surface area contributed by atoms with Crippen molar-refractivity contribution in [1.82, 2.24) is 0 Å². The van der Waals surface area contributed by atoms with Gasteiger partial charge in [-0.15, -0.1) is 0 Å². The van der Waals surface area contributed by atoms with Crippen LogP contribution in [0.4, 0.5) is 0 Å². The minimum Gasteiger partial charge on any atom is -0.385 e. The maximum Gasteiger partial charge on any atom is 0.0462 e. The van der Waals surface area contributed by atoms with E-state index >= 15 is 0 Å². The molecule has 1 aliphatic carbocycles. The third kappa shape index (κ3) is 5.10. The highest BCUT2D eigenvalue weighted by Crippen LogP contribution is 2.37. The van der Waals surface area contributed by atoms with E-state index in [0.717, 1.165) is 23.5 Å². The lowest BCUT2D eigenvalue weighted by Crippen LogP contribution is -2.13. The molecule has 0 spiro atoms. The van der Waals surface area contributed by atoms with Crippen molar-refractivity contribution in [2.24, 2.45) is 5.92 Å². The first-order valence-corrected chi connectivity index (χ1v) is 8.42. The standard InChI is InChI=1S/C18H27ClO/c1-20-14-4-2-3-5-15-6-8-16(9-7-15)17-10-12-18(19)13-11-17/h10-13,15-16H,2-9,14H2,1H3/t15-,16-. The van der Waals surface area contributed by atoms with Gasteiger partial charge in [0.15, 0.2) is 0 Å². The summed E-state index contributed by atoms with van der Waals surface area (Å²) in [5, 5.41) is 0.846. The number of hydrogen-bond acceptors (Lipinski definition) is 1. The highest BCUT2D eigenvalue weighted by Gasteiger charge is 2.21. The number of benzene rings is 1. The van der Waals surface area contributed by atoms with E-state index in [-0.39, 0.29) is 0 Å². The Labute approximate surface area is 128 Å². The van der Waals surface area contributed by atoms with E-state index in [4.69, 9.17) is 16.3 Å². The van der Waals surface area contributed by atoms with Gasteiger partial charge in [0.2, 0.25) is 0 Å². The second-order valence-electron chi connectivity index (χ2n) is 6.11. The molecule has 0 atom stereocenters. The molecule has 0 bridgehead atoms. The summed E-state index contributed by atoms with van der Waals surface area (Å²) < 4.78 is 5.10. The van der Waals surface area contributed by atoms with Crippen molar-refractivity contribution in [1.29, 1.82) is 0 Å². The average Bonchev–Trinajstić information content (AvgIpc) is 2.49. The molecular formula is C18H27ClO. The Morgan fingerprint density at radius 3 is 2.35 bits per heavy atom. The molecule has 0 amide bonds. The summed E-state index contributed by atoms with van der Waals surface area (Å²) in [4.78, 5) is 0. The van der Waals surface area contributed by atoms with Crippen LogP contribution in [0.2, 0.25) is 5.02 Å². The van der Waals surface area contributed by atoms with Gasteiger partial charge in [0.05, 0.1) is 0 Å². The van der Waals surface area contributed by atoms with Crippen molar-refractivity contribution in [2.75, 3.05) is 13.7 Å². The zero-order valence-corrected chi connectivity index (χ0v) is 13.4. The maximum atomic E-state index is 5.96. The first-order chi connectivity index (χ1) is 9.79. The van der Waals surface area contributed by atoms with Crippen LogP contribution in [-0.4, -0.2) is 13.7 Å². The van der Waals surface area contributed by atoms with E-state index in [2.05, 4.69) is 12.1 Å². The normalized spacial score (nSPS) is 22.9. The van der Waals surface area contributed by atoms with Crippen molar-refractivity contribution < 1.29 is 4.74 Å². The van der Waals surface area contributed by atoms with Crippen LogP contribution >= 0.6 is 11.6 Å². The molecular weight excluding hydrogens is 268 g/mol. The Morgan fingerprint density at radius 1 is 1.00 bits per heavy atom. The Morgan fingerprint density at radius 2 is 1.70 bits per heavy atom. The average molecular weight is 295 g/mol. The van der Waals surface area contributed by atoms with Gasteiger partial charge in [-0.1, -0.05) is 43.0 Å². The topological polar surface area (TPSA) is 9.23 Å². The molecule has 0 radical (unpaired) electrons. The number of hydrogen-bond donors (Lipinski definition) is 0. The van der Waals surface area contributed by atoms with Gasteiger partial charge in [-0.05, 0) is 61.6 Å². The summed E-state index contributed by atoms with van der Waals surface area (Å²) in [5.41, 5.74) is 1.48. The lowest BCUT2D eigenvalue weighted by molar-refractivity contribution is 0.190. The molecule has 0 heterocycles. The molecule has 0 unspecified atom stereocenters. The molecule has 0 aromatic heterocycles. The molecule has 2 rings (SSSR count). The number of unbranched alkanes of at least 4 members (excludes halogenated alkanes) is 2. The van der Waals surface area contributed by atoms with Crippen LogP contribution in [0.25, 0.3) is 0 Å². The second kappa shape index (κ2) is 8.69. The summed E-state index contributed by atoms with van der Waals surface area (Å²) in [6.07, 6.45) is 10.8. The van der Waals surface area contributed by atoms with Crippen LogP contribution in [0, 0.1) is 5.92 Å². The van der Waals surface area contributed by atoms with E-state index in [0.29, 0.717) is 0 Å². The van der Waals surface area contributed by atoms with Crippen LogP contribution in [0.3, 0.4) is 0 Å². The lowest BCUT2D eigenvalue weighted by atomic mass is 9.77. The first-order valence-electron chi connectivity index (χ1n) is 8.04. The maximum absolute atomic E-state index is 5.96. The summed E-state index contributed by atoms with van der Waals surface area (Å²) in [7, 11) is 1.79. The Kier molecular flexibility index (Phi) is 6.89. The number of methoxy groups -OCH3 is 1. The van der Waals surface area contributed by atoms with Crippen LogP contribution in [0.15, 0.2) is 24.3 Å². The highest BCUT2D eigenvalue weighted by molar-refractivity contribution is 6.30. The fourth-order valence-electron chi connectivity index (χ4n) is 3.38. The van der Waals surface area contributed by atoms with Gasteiger partial charge in [-0.3, -0.25) is 0 Å². The predicted molar refractivity (Wildman–Crippen MR) is 86.5 cm³/mol. The van der Waals surface area contributed by atoms with Crippen molar-refractivity contribution >= 4 is 11.6 Å². The second-order valence-corrected chi connectivity index (χ2v) is 6.55. The number of ether oxygens (including phenoxy) is 1. The zero-order valence-electron chi connectivity index (χ0n) is 12.6. The van der Waals surface area contributed by atoms with Gasteiger partial charge < -0.3 is 4.74 Å².